The average Bonchev–Trinajstić information content (AvgIpc) is 2.99. The van der Waals surface area contributed by atoms with Crippen LogP contribution in [0.4, 0.5) is 5.13 Å². The molecular weight excluding hydrogens is 346 g/mol. The molecule has 2 aromatic carbocycles. The Labute approximate surface area is 156 Å². The van der Waals surface area contributed by atoms with Crippen molar-refractivity contribution >= 4 is 38.5 Å². The molecule has 3 aromatic rings. The topological polar surface area (TPSA) is 71.1 Å². The number of aryl methyl sites for hydroxylation is 2. The van der Waals surface area contributed by atoms with Gasteiger partial charge in [0.25, 0.3) is 0 Å². The molecule has 0 bridgehead atoms. The summed E-state index contributed by atoms with van der Waals surface area (Å²) in [6.45, 7) is 4.06. The number of carbonyl (C=O) groups excluding carboxylic acids is 2. The maximum Gasteiger partial charge on any atom is 0.223 e. The first-order valence-corrected chi connectivity index (χ1v) is 9.31. The van der Waals surface area contributed by atoms with Crippen LogP contribution in [0, 0.1) is 6.92 Å². The molecule has 0 atom stereocenters. The summed E-state index contributed by atoms with van der Waals surface area (Å²) in [6.07, 6.45) is 1.11. The van der Waals surface area contributed by atoms with Crippen LogP contribution in [0.25, 0.3) is 10.2 Å². The number of carbonyl (C=O) groups is 2. The minimum Gasteiger partial charge on any atom is -0.352 e. The highest BCUT2D eigenvalue weighted by molar-refractivity contribution is 7.22. The van der Waals surface area contributed by atoms with E-state index in [1.54, 1.807) is 0 Å². The number of aromatic nitrogens is 1. The highest BCUT2D eigenvalue weighted by Gasteiger charge is 2.08. The maximum absolute atomic E-state index is 12.1. The van der Waals surface area contributed by atoms with Crippen molar-refractivity contribution < 1.29 is 9.59 Å². The summed E-state index contributed by atoms with van der Waals surface area (Å²) < 4.78 is 1.01. The molecule has 0 spiro atoms. The van der Waals surface area contributed by atoms with E-state index in [2.05, 4.69) is 15.6 Å². The van der Waals surface area contributed by atoms with Gasteiger partial charge in [-0.3, -0.25) is 9.59 Å². The van der Waals surface area contributed by atoms with Crippen molar-refractivity contribution in [3.8, 4) is 0 Å². The number of thiazole rings is 1. The smallest absolute Gasteiger partial charge is 0.223 e. The molecule has 1 heterocycles. The second kappa shape index (κ2) is 8.10. The molecule has 3 rings (SSSR count). The molecular formula is C20H21N3O2S. The quantitative estimate of drug-likeness (QED) is 0.696. The van der Waals surface area contributed by atoms with Crippen molar-refractivity contribution in [3.63, 3.8) is 0 Å². The van der Waals surface area contributed by atoms with Crippen molar-refractivity contribution in [2.45, 2.75) is 33.2 Å². The molecule has 26 heavy (non-hydrogen) atoms. The highest BCUT2D eigenvalue weighted by Crippen LogP contribution is 2.27. The normalized spacial score (nSPS) is 10.7. The van der Waals surface area contributed by atoms with Crippen LogP contribution in [0.1, 0.15) is 30.0 Å². The van der Waals surface area contributed by atoms with Crippen molar-refractivity contribution in [1.82, 2.24) is 10.3 Å². The zero-order valence-corrected chi connectivity index (χ0v) is 15.7. The third-order valence-corrected chi connectivity index (χ3v) is 5.05. The van der Waals surface area contributed by atoms with E-state index in [1.807, 2.05) is 49.4 Å². The molecule has 1 aromatic heterocycles. The van der Waals surface area contributed by atoms with Gasteiger partial charge in [0, 0.05) is 19.9 Å². The second-order valence-corrected chi connectivity index (χ2v) is 7.24. The van der Waals surface area contributed by atoms with Crippen molar-refractivity contribution in [1.29, 1.82) is 0 Å². The van der Waals surface area contributed by atoms with E-state index in [1.165, 1.54) is 23.8 Å². The van der Waals surface area contributed by atoms with Gasteiger partial charge in [-0.1, -0.05) is 41.7 Å². The van der Waals surface area contributed by atoms with Gasteiger partial charge in [-0.15, -0.1) is 0 Å². The largest absolute Gasteiger partial charge is 0.352 e. The Morgan fingerprint density at radius 2 is 1.96 bits per heavy atom. The Morgan fingerprint density at radius 3 is 2.73 bits per heavy atom. The summed E-state index contributed by atoms with van der Waals surface area (Å²) >= 11 is 1.44. The zero-order valence-electron chi connectivity index (χ0n) is 14.8. The number of nitrogens with one attached hydrogen (secondary N) is 2. The molecule has 2 amide bonds. The number of anilines is 1. The molecule has 0 radical (unpaired) electrons. The predicted octanol–water partition coefficient (Wildman–Crippen LogP) is 3.81. The Balaban J connectivity index is 1.56. The van der Waals surface area contributed by atoms with E-state index in [-0.39, 0.29) is 11.8 Å². The second-order valence-electron chi connectivity index (χ2n) is 6.21. The van der Waals surface area contributed by atoms with E-state index in [4.69, 9.17) is 0 Å². The summed E-state index contributed by atoms with van der Waals surface area (Å²) in [6, 6.07) is 14.0. The van der Waals surface area contributed by atoms with Gasteiger partial charge in [0.1, 0.15) is 0 Å². The van der Waals surface area contributed by atoms with Crippen LogP contribution in [0.5, 0.6) is 0 Å². The fourth-order valence-electron chi connectivity index (χ4n) is 2.68. The first-order chi connectivity index (χ1) is 12.5. The molecule has 0 saturated carbocycles. The lowest BCUT2D eigenvalue weighted by Gasteiger charge is -2.08. The summed E-state index contributed by atoms with van der Waals surface area (Å²) in [4.78, 5) is 27.6. The Bertz CT molecular complexity index is 949. The number of rotatable bonds is 6. The fourth-order valence-corrected chi connectivity index (χ4v) is 3.65. The van der Waals surface area contributed by atoms with Gasteiger partial charge in [-0.05, 0) is 42.2 Å². The number of fused-ring (bicyclic) bond motifs is 1. The minimum absolute atomic E-state index is 0.0385. The van der Waals surface area contributed by atoms with Crippen LogP contribution in [-0.2, 0) is 22.6 Å². The van der Waals surface area contributed by atoms with Crippen LogP contribution in [0.15, 0.2) is 42.5 Å². The summed E-state index contributed by atoms with van der Waals surface area (Å²) in [7, 11) is 0. The van der Waals surface area contributed by atoms with Crippen LogP contribution in [0.2, 0.25) is 0 Å². The summed E-state index contributed by atoms with van der Waals surface area (Å²) in [5.74, 6) is -0.0915. The van der Waals surface area contributed by atoms with Gasteiger partial charge in [0.2, 0.25) is 11.8 Å². The Morgan fingerprint density at radius 1 is 1.15 bits per heavy atom. The lowest BCUT2D eigenvalue weighted by atomic mass is 10.1. The summed E-state index contributed by atoms with van der Waals surface area (Å²) in [5.41, 5.74) is 4.25. The zero-order chi connectivity index (χ0) is 18.5. The Hall–Kier alpha value is -2.73. The molecule has 0 fully saturated rings. The van der Waals surface area contributed by atoms with Gasteiger partial charge >= 0.3 is 0 Å². The van der Waals surface area contributed by atoms with Crippen molar-refractivity contribution in [3.05, 3.63) is 59.2 Å². The fraction of sp³-hybridized carbons (Fsp3) is 0.250. The molecule has 5 nitrogen and oxygen atoms in total. The molecule has 2 N–H and O–H groups in total. The van der Waals surface area contributed by atoms with E-state index in [0.717, 1.165) is 21.3 Å². The highest BCUT2D eigenvalue weighted by atomic mass is 32.1. The first-order valence-electron chi connectivity index (χ1n) is 8.49. The van der Waals surface area contributed by atoms with E-state index in [9.17, 15) is 9.59 Å². The van der Waals surface area contributed by atoms with Gasteiger partial charge in [-0.2, -0.15) is 0 Å². The molecule has 0 unspecified atom stereocenters. The summed E-state index contributed by atoms with van der Waals surface area (Å²) in [5, 5.41) is 6.28. The predicted molar refractivity (Wildman–Crippen MR) is 105 cm³/mol. The Kier molecular flexibility index (Phi) is 5.63. The van der Waals surface area contributed by atoms with Gasteiger partial charge in [-0.25, -0.2) is 4.98 Å². The number of nitrogens with zero attached hydrogens (tertiary/aromatic N) is 1. The van der Waals surface area contributed by atoms with E-state index >= 15 is 0 Å². The van der Waals surface area contributed by atoms with E-state index in [0.29, 0.717) is 24.5 Å². The standard InChI is InChI=1S/C20H21N3O2S/c1-13-5-3-4-6-16(13)12-21-19(25)10-8-15-7-9-17-18(11-15)26-20(23-17)22-14(2)24/h3-7,9,11H,8,10,12H2,1-2H3,(H,21,25)(H,22,23,24). The van der Waals surface area contributed by atoms with E-state index < -0.39 is 0 Å². The van der Waals surface area contributed by atoms with Crippen molar-refractivity contribution in [2.24, 2.45) is 0 Å². The molecule has 6 heteroatoms. The first kappa shape index (κ1) is 18.1. The van der Waals surface area contributed by atoms with Crippen molar-refractivity contribution in [2.75, 3.05) is 5.32 Å². The molecule has 0 aliphatic heterocycles. The number of hydrogen-bond donors (Lipinski definition) is 2. The molecule has 0 saturated heterocycles. The van der Waals surface area contributed by atoms with Gasteiger partial charge < -0.3 is 10.6 Å². The monoisotopic (exact) mass is 367 g/mol. The van der Waals surface area contributed by atoms with Gasteiger partial charge in [0.05, 0.1) is 10.2 Å². The molecule has 0 aliphatic carbocycles. The third-order valence-electron chi connectivity index (χ3n) is 4.11. The number of benzene rings is 2. The molecule has 0 aliphatic rings. The lowest BCUT2D eigenvalue weighted by Crippen LogP contribution is -2.23. The van der Waals surface area contributed by atoms with Crippen LogP contribution in [0.3, 0.4) is 0 Å². The number of amides is 2. The number of hydrogen-bond acceptors (Lipinski definition) is 4. The van der Waals surface area contributed by atoms with Crippen LogP contribution in [-0.4, -0.2) is 16.8 Å². The minimum atomic E-state index is -0.130. The third kappa shape index (κ3) is 4.67. The maximum atomic E-state index is 12.1. The van der Waals surface area contributed by atoms with Crippen LogP contribution < -0.4 is 10.6 Å². The lowest BCUT2D eigenvalue weighted by molar-refractivity contribution is -0.121. The SMILES string of the molecule is CC(=O)Nc1nc2ccc(CCC(=O)NCc3ccccc3C)cc2s1. The van der Waals surface area contributed by atoms with Gasteiger partial charge in [0.15, 0.2) is 5.13 Å². The average molecular weight is 367 g/mol. The molecule has 134 valence electrons. The van der Waals surface area contributed by atoms with Crippen LogP contribution >= 0.6 is 11.3 Å².